The van der Waals surface area contributed by atoms with Crippen LogP contribution in [0.4, 0.5) is 0 Å². The normalized spacial score (nSPS) is 14.4. The van der Waals surface area contributed by atoms with E-state index >= 15 is 0 Å². The predicted molar refractivity (Wildman–Crippen MR) is 106 cm³/mol. The first-order valence-electron chi connectivity index (χ1n) is 9.09. The van der Waals surface area contributed by atoms with Gasteiger partial charge in [-0.1, -0.05) is 6.42 Å². The van der Waals surface area contributed by atoms with E-state index in [2.05, 4.69) is 16.9 Å². The molecule has 0 atom stereocenters. The predicted octanol–water partition coefficient (Wildman–Crippen LogP) is 3.04. The number of primary amides is 1. The van der Waals surface area contributed by atoms with Gasteiger partial charge >= 0.3 is 0 Å². The smallest absolute Gasteiger partial charge is 0.248 e. The molecule has 1 fully saturated rings. The number of benzene rings is 1. The molecule has 2 aromatic heterocycles. The third-order valence-electron chi connectivity index (χ3n) is 4.69. The Morgan fingerprint density at radius 3 is 2.37 bits per heavy atom. The Balaban J connectivity index is 0.000000253. The average Bonchev–Trinajstić information content (AvgIpc) is 3.12. The van der Waals surface area contributed by atoms with Gasteiger partial charge in [0.2, 0.25) is 5.91 Å². The van der Waals surface area contributed by atoms with Crippen molar-refractivity contribution in [3.8, 4) is 5.69 Å². The molecule has 3 heterocycles. The monoisotopic (exact) mass is 364 g/mol. The lowest BCUT2D eigenvalue weighted by Gasteiger charge is -2.20. The minimum absolute atomic E-state index is 0.456. The third-order valence-corrected chi connectivity index (χ3v) is 4.69. The van der Waals surface area contributed by atoms with E-state index in [0.29, 0.717) is 11.1 Å². The number of carbonyl (C=O) groups excluding carboxylic acids is 2. The molecule has 1 saturated heterocycles. The largest absolute Gasteiger partial charge is 0.366 e. The Bertz CT molecular complexity index is 925. The Kier molecular flexibility index (Phi) is 5.98. The number of nitrogens with zero attached hydrogens (tertiary/aromatic N) is 3. The zero-order chi connectivity index (χ0) is 19.2. The minimum atomic E-state index is -0.456. The minimum Gasteiger partial charge on any atom is -0.366 e. The van der Waals surface area contributed by atoms with Crippen LogP contribution in [0.2, 0.25) is 0 Å². The van der Waals surface area contributed by atoms with Gasteiger partial charge in [-0.15, -0.1) is 0 Å². The molecule has 1 aromatic carbocycles. The molecular weight excluding hydrogens is 340 g/mol. The lowest BCUT2D eigenvalue weighted by Crippen LogP contribution is -2.24. The van der Waals surface area contributed by atoms with Gasteiger partial charge in [-0.25, -0.2) is 4.98 Å². The van der Waals surface area contributed by atoms with Crippen molar-refractivity contribution in [1.82, 2.24) is 14.5 Å². The van der Waals surface area contributed by atoms with E-state index in [0.717, 1.165) is 23.0 Å². The number of amides is 1. The standard InChI is InChI=1S/C15H11N3O2.C6H13N/c16-14(20)11-1-3-13(4-2-11)18-6-5-12-7-10(9-19)8-17-15(12)18;1-7-5-3-2-4-6-7/h1-9H,(H2,16,20);2-6H2,1H3. The zero-order valence-corrected chi connectivity index (χ0v) is 15.5. The Morgan fingerprint density at radius 1 is 1.11 bits per heavy atom. The number of hydrogen-bond donors (Lipinski definition) is 1. The second kappa shape index (κ2) is 8.60. The van der Waals surface area contributed by atoms with Crippen molar-refractivity contribution in [3.05, 3.63) is 59.9 Å². The van der Waals surface area contributed by atoms with E-state index in [1.807, 2.05) is 16.8 Å². The number of aromatic nitrogens is 2. The molecule has 1 aliphatic heterocycles. The molecule has 27 heavy (non-hydrogen) atoms. The van der Waals surface area contributed by atoms with Gasteiger partial charge in [-0.2, -0.15) is 0 Å². The first-order valence-corrected chi connectivity index (χ1v) is 9.09. The molecule has 4 rings (SSSR count). The van der Waals surface area contributed by atoms with Crippen molar-refractivity contribution in [3.63, 3.8) is 0 Å². The van der Waals surface area contributed by atoms with Gasteiger partial charge in [0.25, 0.3) is 0 Å². The van der Waals surface area contributed by atoms with Crippen LogP contribution < -0.4 is 5.73 Å². The molecule has 0 bridgehead atoms. The molecule has 2 N–H and O–H groups in total. The number of rotatable bonds is 3. The topological polar surface area (TPSA) is 81.2 Å². The van der Waals surface area contributed by atoms with Gasteiger partial charge < -0.3 is 15.2 Å². The number of likely N-dealkylation sites (tertiary alicyclic amines) is 1. The molecule has 1 aliphatic rings. The van der Waals surface area contributed by atoms with Crippen molar-refractivity contribution in [2.75, 3.05) is 20.1 Å². The number of aldehydes is 1. The highest BCUT2D eigenvalue weighted by atomic mass is 16.1. The molecule has 0 spiro atoms. The Hall–Kier alpha value is -2.99. The molecule has 0 unspecified atom stereocenters. The van der Waals surface area contributed by atoms with Gasteiger partial charge in [0, 0.05) is 34.6 Å². The summed E-state index contributed by atoms with van der Waals surface area (Å²) in [6, 6.07) is 10.6. The van der Waals surface area contributed by atoms with Gasteiger partial charge in [0.05, 0.1) is 0 Å². The number of hydrogen-bond acceptors (Lipinski definition) is 4. The van der Waals surface area contributed by atoms with Crippen LogP contribution >= 0.6 is 0 Å². The lowest BCUT2D eigenvalue weighted by molar-refractivity contribution is 0.1000. The number of fused-ring (bicyclic) bond motifs is 1. The maximum atomic E-state index is 11.1. The molecule has 0 aliphatic carbocycles. The van der Waals surface area contributed by atoms with Crippen LogP contribution in [0.15, 0.2) is 48.8 Å². The summed E-state index contributed by atoms with van der Waals surface area (Å²) in [6.07, 6.45) is 8.44. The quantitative estimate of drug-likeness (QED) is 0.724. The van der Waals surface area contributed by atoms with E-state index in [1.54, 1.807) is 30.3 Å². The highest BCUT2D eigenvalue weighted by Crippen LogP contribution is 2.19. The molecule has 140 valence electrons. The fourth-order valence-electron chi connectivity index (χ4n) is 3.15. The first-order chi connectivity index (χ1) is 13.1. The van der Waals surface area contributed by atoms with Gasteiger partial charge in [-0.05, 0) is 69.4 Å². The van der Waals surface area contributed by atoms with Crippen LogP contribution in [-0.2, 0) is 0 Å². The van der Waals surface area contributed by atoms with Crippen molar-refractivity contribution in [2.45, 2.75) is 19.3 Å². The van der Waals surface area contributed by atoms with Crippen LogP contribution in [0, 0.1) is 0 Å². The summed E-state index contributed by atoms with van der Waals surface area (Å²) in [5.74, 6) is -0.456. The van der Waals surface area contributed by atoms with Crippen molar-refractivity contribution in [2.24, 2.45) is 5.73 Å². The Labute approximate surface area is 158 Å². The van der Waals surface area contributed by atoms with Crippen LogP contribution in [0.3, 0.4) is 0 Å². The molecule has 6 heteroatoms. The fourth-order valence-corrected chi connectivity index (χ4v) is 3.15. The molecular formula is C21H24N4O2. The highest BCUT2D eigenvalue weighted by molar-refractivity contribution is 5.93. The molecule has 0 radical (unpaired) electrons. The van der Waals surface area contributed by atoms with Crippen molar-refractivity contribution < 1.29 is 9.59 Å². The average molecular weight is 364 g/mol. The van der Waals surface area contributed by atoms with E-state index < -0.39 is 5.91 Å². The molecule has 6 nitrogen and oxygen atoms in total. The number of pyridine rings is 1. The summed E-state index contributed by atoms with van der Waals surface area (Å²) >= 11 is 0. The van der Waals surface area contributed by atoms with Gasteiger partial charge in [0.15, 0.2) is 6.29 Å². The highest BCUT2D eigenvalue weighted by Gasteiger charge is 2.06. The summed E-state index contributed by atoms with van der Waals surface area (Å²) in [6.45, 7) is 2.64. The second-order valence-corrected chi connectivity index (χ2v) is 6.76. The SMILES string of the molecule is CN1CCCCC1.NC(=O)c1ccc(-n2ccc3cc(C=O)cnc32)cc1. The van der Waals surface area contributed by atoms with Gasteiger partial charge in [0.1, 0.15) is 5.65 Å². The van der Waals surface area contributed by atoms with Crippen molar-refractivity contribution >= 4 is 23.2 Å². The maximum absolute atomic E-state index is 11.1. The van der Waals surface area contributed by atoms with Crippen LogP contribution in [0.5, 0.6) is 0 Å². The fraction of sp³-hybridized carbons (Fsp3) is 0.286. The summed E-state index contributed by atoms with van der Waals surface area (Å²) in [7, 11) is 2.19. The second-order valence-electron chi connectivity index (χ2n) is 6.76. The lowest BCUT2D eigenvalue weighted by atomic mass is 10.1. The van der Waals surface area contributed by atoms with E-state index in [1.165, 1.54) is 38.5 Å². The summed E-state index contributed by atoms with van der Waals surface area (Å²) in [5.41, 5.74) is 7.84. The summed E-state index contributed by atoms with van der Waals surface area (Å²) < 4.78 is 1.88. The Morgan fingerprint density at radius 2 is 1.81 bits per heavy atom. The maximum Gasteiger partial charge on any atom is 0.248 e. The number of carbonyl (C=O) groups is 2. The summed E-state index contributed by atoms with van der Waals surface area (Å²) in [5, 5.41) is 0.883. The number of piperidine rings is 1. The summed E-state index contributed by atoms with van der Waals surface area (Å²) in [4.78, 5) is 28.5. The van der Waals surface area contributed by atoms with E-state index in [4.69, 9.17) is 5.73 Å². The first kappa shape index (κ1) is 18.8. The van der Waals surface area contributed by atoms with Crippen LogP contribution in [-0.4, -0.2) is 46.8 Å². The van der Waals surface area contributed by atoms with E-state index in [9.17, 15) is 9.59 Å². The van der Waals surface area contributed by atoms with Gasteiger partial charge in [-0.3, -0.25) is 9.59 Å². The molecule has 0 saturated carbocycles. The third kappa shape index (κ3) is 4.60. The van der Waals surface area contributed by atoms with Crippen LogP contribution in [0.25, 0.3) is 16.7 Å². The molecule has 1 amide bonds. The van der Waals surface area contributed by atoms with Crippen molar-refractivity contribution in [1.29, 1.82) is 0 Å². The zero-order valence-electron chi connectivity index (χ0n) is 15.5. The molecule has 3 aromatic rings. The van der Waals surface area contributed by atoms with E-state index in [-0.39, 0.29) is 0 Å². The number of nitrogens with two attached hydrogens (primary N) is 1. The van der Waals surface area contributed by atoms with Crippen LogP contribution in [0.1, 0.15) is 40.0 Å².